The summed E-state index contributed by atoms with van der Waals surface area (Å²) in [7, 11) is -6.00. The lowest BCUT2D eigenvalue weighted by Crippen LogP contribution is -2.30. The van der Waals surface area contributed by atoms with Gasteiger partial charge >= 0.3 is 7.25 Å². The van der Waals surface area contributed by atoms with Gasteiger partial charge in [0.15, 0.2) is 6.20 Å². The Bertz CT molecular complexity index is 994. The van der Waals surface area contributed by atoms with Crippen LogP contribution in [0.25, 0.3) is 27.4 Å². The molecule has 1 nitrogen and oxygen atoms in total. The second kappa shape index (κ2) is 6.93. The van der Waals surface area contributed by atoms with E-state index in [1.165, 1.54) is 27.4 Å². The fourth-order valence-corrected chi connectivity index (χ4v) is 2.79. The zero-order valence-corrected chi connectivity index (χ0v) is 13.1. The van der Waals surface area contributed by atoms with E-state index in [4.69, 9.17) is 0 Å². The van der Waals surface area contributed by atoms with Crippen LogP contribution in [0.4, 0.5) is 17.3 Å². The van der Waals surface area contributed by atoms with E-state index in [1.807, 2.05) is 6.07 Å². The van der Waals surface area contributed by atoms with Gasteiger partial charge in [0.25, 0.3) is 0 Å². The van der Waals surface area contributed by atoms with E-state index in [1.54, 1.807) is 0 Å². The maximum Gasteiger partial charge on any atom is 0.673 e. The predicted molar refractivity (Wildman–Crippen MR) is 93.2 cm³/mol. The highest BCUT2D eigenvalue weighted by Crippen LogP contribution is 2.23. The molecule has 0 fully saturated rings. The Morgan fingerprint density at radius 3 is 1.88 bits per heavy atom. The minimum Gasteiger partial charge on any atom is -0.418 e. The fourth-order valence-electron chi connectivity index (χ4n) is 2.79. The Morgan fingerprint density at radius 2 is 1.16 bits per heavy atom. The Hall–Kier alpha value is -2.89. The normalized spacial score (nSPS) is 11.2. The number of benzene rings is 3. The molecule has 4 aromatic rings. The zero-order valence-electron chi connectivity index (χ0n) is 13.1. The van der Waals surface area contributed by atoms with E-state index in [0.717, 1.165) is 0 Å². The molecular weight excluding hydrogens is 329 g/mol. The second-order valence-corrected chi connectivity index (χ2v) is 5.43. The van der Waals surface area contributed by atoms with Crippen molar-refractivity contribution >= 4 is 28.9 Å². The number of halogens is 4. The zero-order chi connectivity index (χ0) is 17.9. The number of pyridine rings is 1. The topological polar surface area (TPSA) is 3.88 Å². The standard InChI is InChI=1S/C19H14N.BF4/c1-2-9-17(10-3-1)20-14-6-8-16-13-12-15-7-4-5-11-18(15)19(16)20;2-1(3,4)5/h1-14H;/q+1;-1. The van der Waals surface area contributed by atoms with Gasteiger partial charge in [0.2, 0.25) is 11.2 Å². The van der Waals surface area contributed by atoms with Gasteiger partial charge in [0.05, 0.1) is 5.39 Å². The SMILES string of the molecule is F[B-](F)(F)F.c1ccc(-[n+]2cccc3ccc4ccccc4c32)cc1. The van der Waals surface area contributed by atoms with Crippen LogP contribution >= 0.6 is 0 Å². The second-order valence-electron chi connectivity index (χ2n) is 5.43. The molecule has 0 saturated carbocycles. The third-order valence-electron chi connectivity index (χ3n) is 3.72. The van der Waals surface area contributed by atoms with Crippen LogP contribution in [0.2, 0.25) is 0 Å². The number of aromatic nitrogens is 1. The summed E-state index contributed by atoms with van der Waals surface area (Å²) in [6.07, 6.45) is 2.13. The van der Waals surface area contributed by atoms with Gasteiger partial charge < -0.3 is 17.3 Å². The molecule has 0 N–H and O–H groups in total. The molecule has 0 aliphatic heterocycles. The molecule has 0 bridgehead atoms. The molecule has 126 valence electrons. The van der Waals surface area contributed by atoms with Crippen LogP contribution in [0.15, 0.2) is 85.1 Å². The lowest BCUT2D eigenvalue weighted by molar-refractivity contribution is -0.566. The minimum absolute atomic E-state index is 1.19. The Labute approximate surface area is 142 Å². The van der Waals surface area contributed by atoms with Crippen molar-refractivity contribution < 1.29 is 21.8 Å². The van der Waals surface area contributed by atoms with Gasteiger partial charge in [-0.1, -0.05) is 42.5 Å². The number of rotatable bonds is 1. The maximum absolute atomic E-state index is 9.75. The summed E-state index contributed by atoms with van der Waals surface area (Å²) < 4.78 is 41.3. The van der Waals surface area contributed by atoms with Crippen LogP contribution < -0.4 is 4.57 Å². The molecule has 0 spiro atoms. The van der Waals surface area contributed by atoms with Crippen molar-refractivity contribution in [1.29, 1.82) is 0 Å². The van der Waals surface area contributed by atoms with Gasteiger partial charge in [-0.25, -0.2) is 0 Å². The van der Waals surface area contributed by atoms with Crippen LogP contribution in [0.1, 0.15) is 0 Å². The van der Waals surface area contributed by atoms with Crippen molar-refractivity contribution in [2.45, 2.75) is 0 Å². The van der Waals surface area contributed by atoms with Crippen molar-refractivity contribution in [1.82, 2.24) is 0 Å². The maximum atomic E-state index is 9.75. The molecule has 0 aliphatic rings. The van der Waals surface area contributed by atoms with Crippen molar-refractivity contribution in [2.75, 3.05) is 0 Å². The number of hydrogen-bond donors (Lipinski definition) is 0. The summed E-state index contributed by atoms with van der Waals surface area (Å²) in [5.74, 6) is 0. The van der Waals surface area contributed by atoms with Crippen LogP contribution in [-0.4, -0.2) is 7.25 Å². The predicted octanol–water partition coefficient (Wildman–Crippen LogP) is 5.57. The lowest BCUT2D eigenvalue weighted by atomic mass is 10.1. The van der Waals surface area contributed by atoms with Crippen LogP contribution in [-0.2, 0) is 0 Å². The summed E-state index contributed by atoms with van der Waals surface area (Å²) in [6, 6.07) is 27.7. The molecule has 0 amide bonds. The molecule has 0 unspecified atom stereocenters. The van der Waals surface area contributed by atoms with Gasteiger partial charge in [-0.2, -0.15) is 4.57 Å². The van der Waals surface area contributed by atoms with E-state index < -0.39 is 7.25 Å². The third-order valence-corrected chi connectivity index (χ3v) is 3.72. The summed E-state index contributed by atoms with van der Waals surface area (Å²) in [6.45, 7) is 0. The quantitative estimate of drug-likeness (QED) is 0.184. The van der Waals surface area contributed by atoms with E-state index in [9.17, 15) is 17.3 Å². The molecule has 25 heavy (non-hydrogen) atoms. The molecule has 6 heteroatoms. The largest absolute Gasteiger partial charge is 0.673 e. The molecule has 0 aliphatic carbocycles. The molecular formula is C19H14BF4N. The molecule has 1 aromatic heterocycles. The number of nitrogens with zero attached hydrogens (tertiary/aromatic N) is 1. The highest BCUT2D eigenvalue weighted by atomic mass is 19.5. The van der Waals surface area contributed by atoms with Gasteiger partial charge in [0.1, 0.15) is 0 Å². The van der Waals surface area contributed by atoms with E-state index in [-0.39, 0.29) is 0 Å². The monoisotopic (exact) mass is 343 g/mol. The molecule has 4 rings (SSSR count). The van der Waals surface area contributed by atoms with E-state index in [0.29, 0.717) is 0 Å². The van der Waals surface area contributed by atoms with Gasteiger partial charge in [-0.15, -0.1) is 0 Å². The van der Waals surface area contributed by atoms with Crippen LogP contribution in [0.3, 0.4) is 0 Å². The minimum atomic E-state index is -6.00. The molecule has 1 heterocycles. The smallest absolute Gasteiger partial charge is 0.418 e. The Balaban J connectivity index is 0.000000324. The van der Waals surface area contributed by atoms with Crippen LogP contribution in [0.5, 0.6) is 0 Å². The van der Waals surface area contributed by atoms with E-state index in [2.05, 4.69) is 83.6 Å². The fraction of sp³-hybridized carbons (Fsp3) is 0. The summed E-state index contributed by atoms with van der Waals surface area (Å²) in [5, 5.41) is 3.82. The molecule has 0 radical (unpaired) electrons. The lowest BCUT2D eigenvalue weighted by Gasteiger charge is -2.04. The molecule has 3 aromatic carbocycles. The van der Waals surface area contributed by atoms with E-state index >= 15 is 0 Å². The van der Waals surface area contributed by atoms with Gasteiger partial charge in [-0.05, 0) is 23.6 Å². The van der Waals surface area contributed by atoms with Crippen molar-refractivity contribution in [3.8, 4) is 5.69 Å². The van der Waals surface area contributed by atoms with Gasteiger partial charge in [-0.3, -0.25) is 0 Å². The molecule has 0 atom stereocenters. The average Bonchev–Trinajstić information content (AvgIpc) is 2.60. The first-order valence-electron chi connectivity index (χ1n) is 7.68. The first-order valence-corrected chi connectivity index (χ1v) is 7.68. The highest BCUT2D eigenvalue weighted by molar-refractivity contribution is 6.50. The third kappa shape index (κ3) is 4.15. The first-order chi connectivity index (χ1) is 11.9. The van der Waals surface area contributed by atoms with Crippen LogP contribution in [0, 0.1) is 0 Å². The summed E-state index contributed by atoms with van der Waals surface area (Å²) in [4.78, 5) is 0. The Morgan fingerprint density at radius 1 is 0.600 bits per heavy atom. The summed E-state index contributed by atoms with van der Waals surface area (Å²) >= 11 is 0. The van der Waals surface area contributed by atoms with Crippen molar-refractivity contribution in [3.05, 3.63) is 85.1 Å². The van der Waals surface area contributed by atoms with Crippen molar-refractivity contribution in [2.24, 2.45) is 0 Å². The van der Waals surface area contributed by atoms with Gasteiger partial charge in [0, 0.05) is 23.6 Å². The number of para-hydroxylation sites is 1. The van der Waals surface area contributed by atoms with Crippen molar-refractivity contribution in [3.63, 3.8) is 0 Å². The summed E-state index contributed by atoms with van der Waals surface area (Å²) in [5.41, 5.74) is 2.45. The highest BCUT2D eigenvalue weighted by Gasteiger charge is 2.20. The first kappa shape index (κ1) is 17.0. The molecule has 0 saturated heterocycles. The average molecular weight is 343 g/mol. The number of hydrogen-bond acceptors (Lipinski definition) is 0. The Kier molecular flexibility index (Phi) is 4.70. The number of fused-ring (bicyclic) bond motifs is 3.